The number of hydrogen-bond donors (Lipinski definition) is 2. The fourth-order valence-corrected chi connectivity index (χ4v) is 5.34. The Morgan fingerprint density at radius 3 is 2.86 bits per heavy atom. The van der Waals surface area contributed by atoms with Gasteiger partial charge in [0.1, 0.15) is 10.8 Å². The molecule has 1 aliphatic carbocycles. The third-order valence-electron chi connectivity index (χ3n) is 5.39. The highest BCUT2D eigenvalue weighted by atomic mass is 35.5. The number of benzene rings is 1. The summed E-state index contributed by atoms with van der Waals surface area (Å²) in [7, 11) is 0. The minimum atomic E-state index is -0.464. The first kappa shape index (κ1) is 21.7. The molecule has 2 amide bonds. The lowest BCUT2D eigenvalue weighted by atomic mass is 9.85. The van der Waals surface area contributed by atoms with Gasteiger partial charge < -0.3 is 15.8 Å². The van der Waals surface area contributed by atoms with Crippen molar-refractivity contribution >= 4 is 39.8 Å². The predicted molar refractivity (Wildman–Crippen MR) is 118 cm³/mol. The molecule has 1 aliphatic rings. The van der Waals surface area contributed by atoms with Gasteiger partial charge in [0.15, 0.2) is 0 Å². The molecule has 156 valence electrons. The number of aryl methyl sites for hydroxylation is 1. The van der Waals surface area contributed by atoms with Crippen molar-refractivity contribution in [3.8, 4) is 5.75 Å². The Morgan fingerprint density at radius 1 is 1.38 bits per heavy atom. The van der Waals surface area contributed by atoms with Crippen LogP contribution in [0.3, 0.4) is 0 Å². The molecular weight excluding hydrogens is 408 g/mol. The first-order valence-electron chi connectivity index (χ1n) is 10.0. The Labute approximate surface area is 180 Å². The second-order valence-electron chi connectivity index (χ2n) is 7.50. The number of primary amides is 1. The van der Waals surface area contributed by atoms with Gasteiger partial charge >= 0.3 is 0 Å². The normalized spacial score (nSPS) is 15.6. The van der Waals surface area contributed by atoms with E-state index in [0.717, 1.165) is 42.6 Å². The summed E-state index contributed by atoms with van der Waals surface area (Å²) in [6, 6.07) is 5.46. The molecule has 0 spiro atoms. The number of fused-ring (bicyclic) bond motifs is 1. The van der Waals surface area contributed by atoms with Crippen LogP contribution in [0.1, 0.15) is 59.0 Å². The third kappa shape index (κ3) is 5.31. The number of amides is 2. The fraction of sp³-hybridized carbons (Fsp3) is 0.455. The van der Waals surface area contributed by atoms with E-state index in [9.17, 15) is 9.59 Å². The molecule has 0 bridgehead atoms. The summed E-state index contributed by atoms with van der Waals surface area (Å²) in [5, 5.41) is 4.17. The van der Waals surface area contributed by atoms with Gasteiger partial charge in [0.25, 0.3) is 5.91 Å². The van der Waals surface area contributed by atoms with Gasteiger partial charge in [-0.05, 0) is 67.9 Å². The van der Waals surface area contributed by atoms with Crippen LogP contribution in [0.25, 0.3) is 0 Å². The van der Waals surface area contributed by atoms with E-state index in [1.165, 1.54) is 16.2 Å². The lowest BCUT2D eigenvalue weighted by Crippen LogP contribution is -2.20. The molecule has 3 rings (SSSR count). The van der Waals surface area contributed by atoms with Crippen molar-refractivity contribution in [1.29, 1.82) is 0 Å². The Hall–Kier alpha value is -2.05. The van der Waals surface area contributed by atoms with Gasteiger partial charge in [0.05, 0.1) is 12.2 Å². The summed E-state index contributed by atoms with van der Waals surface area (Å²) < 4.78 is 5.73. The minimum absolute atomic E-state index is 0.130. The van der Waals surface area contributed by atoms with Crippen LogP contribution in [0.15, 0.2) is 18.2 Å². The van der Waals surface area contributed by atoms with Crippen LogP contribution in [0.2, 0.25) is 5.02 Å². The van der Waals surface area contributed by atoms with Crippen LogP contribution in [0.5, 0.6) is 5.75 Å². The average Bonchev–Trinajstić information content (AvgIpc) is 3.03. The number of rotatable bonds is 8. The van der Waals surface area contributed by atoms with Crippen LogP contribution >= 0.6 is 22.9 Å². The summed E-state index contributed by atoms with van der Waals surface area (Å²) >= 11 is 7.45. The largest absolute Gasteiger partial charge is 0.493 e. The van der Waals surface area contributed by atoms with Crippen molar-refractivity contribution in [3.63, 3.8) is 0 Å². The summed E-state index contributed by atoms with van der Waals surface area (Å²) in [4.78, 5) is 25.6. The molecule has 0 saturated heterocycles. The van der Waals surface area contributed by atoms with Crippen LogP contribution in [0.4, 0.5) is 5.00 Å². The maximum Gasteiger partial charge on any atom is 0.251 e. The highest BCUT2D eigenvalue weighted by Crippen LogP contribution is 2.40. The van der Waals surface area contributed by atoms with Crippen molar-refractivity contribution in [2.75, 3.05) is 11.9 Å². The molecule has 5 nitrogen and oxygen atoms in total. The lowest BCUT2D eigenvalue weighted by Gasteiger charge is -2.20. The molecule has 0 unspecified atom stereocenters. The third-order valence-corrected chi connectivity index (χ3v) is 6.79. The van der Waals surface area contributed by atoms with Gasteiger partial charge in [-0.15, -0.1) is 11.3 Å². The van der Waals surface area contributed by atoms with Crippen LogP contribution < -0.4 is 15.8 Å². The lowest BCUT2D eigenvalue weighted by molar-refractivity contribution is -0.116. The molecule has 29 heavy (non-hydrogen) atoms. The van der Waals surface area contributed by atoms with Crippen molar-refractivity contribution in [2.24, 2.45) is 11.7 Å². The molecule has 2 aromatic rings. The van der Waals surface area contributed by atoms with Crippen molar-refractivity contribution in [1.82, 2.24) is 0 Å². The van der Waals surface area contributed by atoms with E-state index in [0.29, 0.717) is 41.0 Å². The zero-order valence-electron chi connectivity index (χ0n) is 16.8. The van der Waals surface area contributed by atoms with E-state index in [1.54, 1.807) is 6.07 Å². The second kappa shape index (κ2) is 9.63. The van der Waals surface area contributed by atoms with Gasteiger partial charge in [0.2, 0.25) is 5.91 Å². The van der Waals surface area contributed by atoms with Crippen molar-refractivity contribution in [2.45, 2.75) is 52.4 Å². The van der Waals surface area contributed by atoms with Gasteiger partial charge in [-0.3, -0.25) is 9.59 Å². The van der Waals surface area contributed by atoms with Gasteiger partial charge in [0, 0.05) is 16.3 Å². The number of carbonyl (C=O) groups excluding carboxylic acids is 2. The van der Waals surface area contributed by atoms with Gasteiger partial charge in [-0.2, -0.15) is 0 Å². The second-order valence-corrected chi connectivity index (χ2v) is 9.04. The monoisotopic (exact) mass is 434 g/mol. The van der Waals surface area contributed by atoms with Crippen LogP contribution in [-0.2, 0) is 17.6 Å². The molecular formula is C22H27ClN2O3S. The number of nitrogens with one attached hydrogen (secondary N) is 1. The minimum Gasteiger partial charge on any atom is -0.493 e. The molecule has 0 saturated carbocycles. The number of halogens is 1. The molecule has 7 heteroatoms. The standard InChI is InChI=1S/C22H27ClN2O3S/c1-3-14-6-8-16-18(12-14)29-22(20(16)21(24)27)25-19(26)5-4-10-28-17-9-7-15(23)11-13(17)2/h7,9,11,14H,3-6,8,10,12H2,1-2H3,(H2,24,27)(H,25,26)/t14-/m1/s1. The zero-order chi connectivity index (χ0) is 21.0. The number of nitrogens with two attached hydrogens (primary N) is 1. The number of carbonyl (C=O) groups is 2. The Kier molecular flexibility index (Phi) is 7.19. The van der Waals surface area contributed by atoms with Crippen molar-refractivity contribution in [3.05, 3.63) is 44.8 Å². The van der Waals surface area contributed by atoms with Crippen LogP contribution in [-0.4, -0.2) is 18.4 Å². The van der Waals surface area contributed by atoms with Crippen molar-refractivity contribution < 1.29 is 14.3 Å². The molecule has 0 radical (unpaired) electrons. The zero-order valence-corrected chi connectivity index (χ0v) is 18.4. The summed E-state index contributed by atoms with van der Waals surface area (Å²) in [5.74, 6) is 0.810. The maximum absolute atomic E-state index is 12.4. The highest BCUT2D eigenvalue weighted by molar-refractivity contribution is 7.17. The molecule has 1 heterocycles. The quantitative estimate of drug-likeness (QED) is 0.565. The number of anilines is 1. The SMILES string of the molecule is CC[C@@H]1CCc2c(sc(NC(=O)CCCOc3ccc(Cl)cc3C)c2C(N)=O)C1. The molecule has 3 N–H and O–H groups in total. The summed E-state index contributed by atoms with van der Waals surface area (Å²) in [6.07, 6.45) is 4.88. The Bertz CT molecular complexity index is 910. The molecule has 0 aliphatic heterocycles. The molecule has 1 aromatic heterocycles. The van der Waals surface area contributed by atoms with Gasteiger partial charge in [-0.25, -0.2) is 0 Å². The topological polar surface area (TPSA) is 81.4 Å². The smallest absolute Gasteiger partial charge is 0.251 e. The van der Waals surface area contributed by atoms with E-state index in [-0.39, 0.29) is 5.91 Å². The number of ether oxygens (including phenoxy) is 1. The Morgan fingerprint density at radius 2 is 2.17 bits per heavy atom. The van der Waals surface area contributed by atoms with Gasteiger partial charge in [-0.1, -0.05) is 24.9 Å². The van der Waals surface area contributed by atoms with E-state index in [4.69, 9.17) is 22.1 Å². The first-order chi connectivity index (χ1) is 13.9. The van der Waals surface area contributed by atoms with E-state index >= 15 is 0 Å². The first-order valence-corrected chi connectivity index (χ1v) is 11.2. The molecule has 0 fully saturated rings. The number of thiophene rings is 1. The summed E-state index contributed by atoms with van der Waals surface area (Å²) in [6.45, 7) is 4.55. The molecule has 1 atom stereocenters. The van der Waals surface area contributed by atoms with E-state index in [1.807, 2.05) is 19.1 Å². The fourth-order valence-electron chi connectivity index (χ4n) is 3.73. The molecule has 1 aromatic carbocycles. The van der Waals surface area contributed by atoms with Crippen LogP contribution in [0, 0.1) is 12.8 Å². The highest BCUT2D eigenvalue weighted by Gasteiger charge is 2.28. The summed E-state index contributed by atoms with van der Waals surface area (Å²) in [5.41, 5.74) is 8.12. The maximum atomic E-state index is 12.4. The average molecular weight is 435 g/mol. The Balaban J connectivity index is 1.56. The van der Waals surface area contributed by atoms with E-state index < -0.39 is 5.91 Å². The number of hydrogen-bond acceptors (Lipinski definition) is 4. The van der Waals surface area contributed by atoms with E-state index in [2.05, 4.69) is 12.2 Å². The predicted octanol–water partition coefficient (Wildman–Crippen LogP) is 5.12.